The molecule has 2 aromatic carbocycles. The molecule has 1 aliphatic rings. The molecule has 2 aromatic heterocycles. The Labute approximate surface area is 191 Å². The summed E-state index contributed by atoms with van der Waals surface area (Å²) in [5, 5.41) is 17.0. The fourth-order valence-electron chi connectivity index (χ4n) is 3.98. The van der Waals surface area contributed by atoms with E-state index in [1.165, 1.54) is 5.56 Å². The van der Waals surface area contributed by atoms with Crippen LogP contribution in [0.3, 0.4) is 0 Å². The van der Waals surface area contributed by atoms with Crippen LogP contribution >= 0.6 is 11.6 Å². The van der Waals surface area contributed by atoms with E-state index in [0.29, 0.717) is 16.5 Å². The van der Waals surface area contributed by atoms with Crippen LogP contribution in [0.25, 0.3) is 17.0 Å². The van der Waals surface area contributed by atoms with E-state index in [0.717, 1.165) is 43.0 Å². The number of fused-ring (bicyclic) bond motifs is 1. The molecule has 1 fully saturated rings. The molecule has 8 heteroatoms. The number of piperidine rings is 1. The van der Waals surface area contributed by atoms with Crippen molar-refractivity contribution in [3.8, 4) is 11.4 Å². The van der Waals surface area contributed by atoms with Crippen molar-refractivity contribution in [1.82, 2.24) is 19.8 Å². The van der Waals surface area contributed by atoms with Crippen molar-refractivity contribution in [3.05, 3.63) is 71.2 Å². The van der Waals surface area contributed by atoms with Crippen molar-refractivity contribution >= 4 is 34.7 Å². The molecule has 1 N–H and O–H groups in total. The van der Waals surface area contributed by atoms with Crippen LogP contribution in [0, 0.1) is 12.8 Å². The zero-order valence-corrected chi connectivity index (χ0v) is 18.5. The van der Waals surface area contributed by atoms with Gasteiger partial charge in [-0.2, -0.15) is 4.52 Å². The maximum atomic E-state index is 12.7. The molecule has 5 rings (SSSR count). The van der Waals surface area contributed by atoms with Crippen LogP contribution in [0.15, 0.2) is 60.7 Å². The van der Waals surface area contributed by atoms with Gasteiger partial charge >= 0.3 is 0 Å². The highest BCUT2D eigenvalue weighted by atomic mass is 35.5. The third-order valence-corrected chi connectivity index (χ3v) is 6.11. The number of nitrogens with one attached hydrogen (secondary N) is 1. The van der Waals surface area contributed by atoms with E-state index < -0.39 is 0 Å². The first-order chi connectivity index (χ1) is 15.6. The minimum absolute atomic E-state index is 0.00387. The summed E-state index contributed by atoms with van der Waals surface area (Å²) in [7, 11) is 0. The molecular formula is C24H23ClN6O. The van der Waals surface area contributed by atoms with Gasteiger partial charge in [-0.3, -0.25) is 4.79 Å². The minimum Gasteiger partial charge on any atom is -0.355 e. The number of rotatable bonds is 4. The predicted octanol–water partition coefficient (Wildman–Crippen LogP) is 4.61. The molecule has 0 saturated carbocycles. The molecule has 0 unspecified atom stereocenters. The summed E-state index contributed by atoms with van der Waals surface area (Å²) >= 11 is 6.01. The summed E-state index contributed by atoms with van der Waals surface area (Å²) in [5.41, 5.74) is 3.61. The van der Waals surface area contributed by atoms with Crippen LogP contribution in [-0.2, 0) is 4.79 Å². The van der Waals surface area contributed by atoms with Crippen LogP contribution in [0.5, 0.6) is 0 Å². The van der Waals surface area contributed by atoms with E-state index in [2.05, 4.69) is 20.4 Å². The minimum atomic E-state index is -0.00387. The second-order valence-corrected chi connectivity index (χ2v) is 8.55. The normalized spacial score (nSPS) is 14.6. The number of hydrogen-bond donors (Lipinski definition) is 1. The summed E-state index contributed by atoms with van der Waals surface area (Å²) in [6.07, 6.45) is 1.56. The highest BCUT2D eigenvalue weighted by molar-refractivity contribution is 6.30. The third kappa shape index (κ3) is 4.16. The summed E-state index contributed by atoms with van der Waals surface area (Å²) in [4.78, 5) is 14.9. The molecule has 3 heterocycles. The Morgan fingerprint density at radius 3 is 2.41 bits per heavy atom. The van der Waals surface area contributed by atoms with Gasteiger partial charge in [0.05, 0.1) is 0 Å². The Kier molecular flexibility index (Phi) is 5.49. The molecule has 0 aliphatic carbocycles. The lowest BCUT2D eigenvalue weighted by atomic mass is 9.96. The molecule has 1 saturated heterocycles. The van der Waals surface area contributed by atoms with Crippen LogP contribution in [0.4, 0.5) is 11.5 Å². The number of amides is 1. The van der Waals surface area contributed by atoms with Gasteiger partial charge in [0.25, 0.3) is 0 Å². The van der Waals surface area contributed by atoms with Gasteiger partial charge in [-0.25, -0.2) is 0 Å². The van der Waals surface area contributed by atoms with E-state index in [1.807, 2.05) is 67.6 Å². The number of halogens is 1. The van der Waals surface area contributed by atoms with Gasteiger partial charge in [-0.05, 0) is 68.3 Å². The largest absolute Gasteiger partial charge is 0.355 e. The molecule has 0 radical (unpaired) electrons. The van der Waals surface area contributed by atoms with Gasteiger partial charge in [0.15, 0.2) is 11.5 Å². The highest BCUT2D eigenvalue weighted by Gasteiger charge is 2.26. The van der Waals surface area contributed by atoms with Crippen LogP contribution in [0.2, 0.25) is 5.02 Å². The molecule has 1 amide bonds. The molecule has 1 aliphatic heterocycles. The van der Waals surface area contributed by atoms with Gasteiger partial charge in [0.2, 0.25) is 5.91 Å². The number of aryl methyl sites for hydroxylation is 1. The average Bonchev–Trinajstić information content (AvgIpc) is 3.24. The number of hydrogen-bond acceptors (Lipinski definition) is 5. The summed E-state index contributed by atoms with van der Waals surface area (Å²) in [6, 6.07) is 19.2. The lowest BCUT2D eigenvalue weighted by Gasteiger charge is -2.32. The Morgan fingerprint density at radius 2 is 1.69 bits per heavy atom. The first-order valence-corrected chi connectivity index (χ1v) is 11.1. The molecule has 162 valence electrons. The standard InChI is InChI=1S/C24H23ClN6O/c1-16-2-8-20(9-3-16)26-24(32)18-12-14-30(15-13-18)22-11-10-21-27-28-23(31(21)29-22)17-4-6-19(25)7-5-17/h2-11,18H,12-15H2,1H3,(H,26,32). The van der Waals surface area contributed by atoms with Crippen molar-refractivity contribution < 1.29 is 4.79 Å². The van der Waals surface area contributed by atoms with E-state index in [-0.39, 0.29) is 11.8 Å². The fourth-order valence-corrected chi connectivity index (χ4v) is 4.10. The van der Waals surface area contributed by atoms with Crippen LogP contribution in [0.1, 0.15) is 18.4 Å². The number of benzene rings is 2. The molecule has 0 bridgehead atoms. The van der Waals surface area contributed by atoms with E-state index in [9.17, 15) is 4.79 Å². The van der Waals surface area contributed by atoms with Gasteiger partial charge in [-0.1, -0.05) is 29.3 Å². The number of carbonyl (C=O) groups is 1. The summed E-state index contributed by atoms with van der Waals surface area (Å²) < 4.78 is 1.76. The SMILES string of the molecule is Cc1ccc(NC(=O)C2CCN(c3ccc4nnc(-c5ccc(Cl)cc5)n4n3)CC2)cc1. The first kappa shape index (κ1) is 20.5. The number of anilines is 2. The Hall–Kier alpha value is -3.45. The second kappa shape index (κ2) is 8.59. The van der Waals surface area contributed by atoms with Crippen molar-refractivity contribution in [1.29, 1.82) is 0 Å². The fraction of sp³-hybridized carbons (Fsp3) is 0.250. The Bertz CT molecular complexity index is 1240. The molecule has 7 nitrogen and oxygen atoms in total. The lowest BCUT2D eigenvalue weighted by Crippen LogP contribution is -2.38. The average molecular weight is 447 g/mol. The molecule has 0 spiro atoms. The topological polar surface area (TPSA) is 75.4 Å². The molecule has 0 atom stereocenters. The van der Waals surface area contributed by atoms with Crippen LogP contribution < -0.4 is 10.2 Å². The molecular weight excluding hydrogens is 424 g/mol. The zero-order valence-electron chi connectivity index (χ0n) is 17.7. The number of nitrogens with zero attached hydrogens (tertiary/aromatic N) is 5. The van der Waals surface area contributed by atoms with Crippen molar-refractivity contribution in [3.63, 3.8) is 0 Å². The highest BCUT2D eigenvalue weighted by Crippen LogP contribution is 2.25. The van der Waals surface area contributed by atoms with E-state index in [1.54, 1.807) is 4.52 Å². The van der Waals surface area contributed by atoms with Crippen molar-refractivity contribution in [2.24, 2.45) is 5.92 Å². The van der Waals surface area contributed by atoms with Gasteiger partial charge in [0, 0.05) is 35.3 Å². The zero-order chi connectivity index (χ0) is 22.1. The first-order valence-electron chi connectivity index (χ1n) is 10.7. The third-order valence-electron chi connectivity index (χ3n) is 5.86. The lowest BCUT2D eigenvalue weighted by molar-refractivity contribution is -0.120. The maximum Gasteiger partial charge on any atom is 0.227 e. The van der Waals surface area contributed by atoms with E-state index >= 15 is 0 Å². The predicted molar refractivity (Wildman–Crippen MR) is 126 cm³/mol. The number of aromatic nitrogens is 4. The summed E-state index contributed by atoms with van der Waals surface area (Å²) in [5.74, 6) is 1.60. The van der Waals surface area contributed by atoms with Crippen LogP contribution in [-0.4, -0.2) is 38.8 Å². The maximum absolute atomic E-state index is 12.7. The van der Waals surface area contributed by atoms with Crippen molar-refractivity contribution in [2.45, 2.75) is 19.8 Å². The summed E-state index contributed by atoms with van der Waals surface area (Å²) in [6.45, 7) is 3.57. The quantitative estimate of drug-likeness (QED) is 0.495. The van der Waals surface area contributed by atoms with Gasteiger partial charge < -0.3 is 10.2 Å². The molecule has 4 aromatic rings. The smallest absolute Gasteiger partial charge is 0.227 e. The van der Waals surface area contributed by atoms with E-state index in [4.69, 9.17) is 16.7 Å². The second-order valence-electron chi connectivity index (χ2n) is 8.11. The van der Waals surface area contributed by atoms with Crippen molar-refractivity contribution in [2.75, 3.05) is 23.3 Å². The van der Waals surface area contributed by atoms with Gasteiger partial charge in [-0.15, -0.1) is 15.3 Å². The Morgan fingerprint density at radius 1 is 0.969 bits per heavy atom. The monoisotopic (exact) mass is 446 g/mol. The Balaban J connectivity index is 1.28. The van der Waals surface area contributed by atoms with Gasteiger partial charge in [0.1, 0.15) is 5.82 Å². The molecule has 32 heavy (non-hydrogen) atoms. The number of carbonyl (C=O) groups excluding carboxylic acids is 1.